The molecule has 0 fully saturated rings. The number of hydrogen-bond donors (Lipinski definition) is 0. The van der Waals surface area contributed by atoms with E-state index >= 15 is 0 Å². The van der Waals surface area contributed by atoms with Gasteiger partial charge in [0.2, 0.25) is 0 Å². The Morgan fingerprint density at radius 1 is 0.880 bits per heavy atom. The third kappa shape index (κ3) is 2.06. The van der Waals surface area contributed by atoms with Gasteiger partial charge < -0.3 is 4.40 Å². The zero-order chi connectivity index (χ0) is 17.0. The predicted octanol–water partition coefficient (Wildman–Crippen LogP) is 5.76. The van der Waals surface area contributed by atoms with Crippen LogP contribution in [0.5, 0.6) is 0 Å². The fourth-order valence-electron chi connectivity index (χ4n) is 3.60. The van der Waals surface area contributed by atoms with Crippen LogP contribution in [0.1, 0.15) is 5.56 Å². The number of hydrogen-bond acceptors (Lipinski definition) is 1. The topological polar surface area (TPSA) is 17.3 Å². The second kappa shape index (κ2) is 5.15. The molecule has 2 aromatic carbocycles. The maximum Gasteiger partial charge on any atom is 0.123 e. The van der Waals surface area contributed by atoms with E-state index in [1.165, 1.54) is 11.6 Å². The van der Waals surface area contributed by atoms with Crippen LogP contribution in [-0.4, -0.2) is 9.38 Å². The van der Waals surface area contributed by atoms with Gasteiger partial charge in [-0.2, -0.15) is 0 Å². The molecule has 3 heterocycles. The lowest BCUT2D eigenvalue weighted by Gasteiger charge is -2.09. The van der Waals surface area contributed by atoms with Crippen molar-refractivity contribution in [3.8, 4) is 11.3 Å². The molecule has 0 radical (unpaired) electrons. The van der Waals surface area contributed by atoms with Gasteiger partial charge in [-0.3, -0.25) is 0 Å². The fourth-order valence-corrected chi connectivity index (χ4v) is 3.60. The zero-order valence-corrected chi connectivity index (χ0v) is 13.7. The molecule has 2 nitrogen and oxygen atoms in total. The lowest BCUT2D eigenvalue weighted by atomic mass is 10.1. The van der Waals surface area contributed by atoms with Crippen LogP contribution in [0.4, 0.5) is 4.39 Å². The molecule has 0 unspecified atom stereocenters. The van der Waals surface area contributed by atoms with Gasteiger partial charge in [0.25, 0.3) is 0 Å². The third-order valence-corrected chi connectivity index (χ3v) is 4.77. The number of para-hydroxylation sites is 1. The summed E-state index contributed by atoms with van der Waals surface area (Å²) in [5.74, 6) is -0.252. The van der Waals surface area contributed by atoms with Crippen LogP contribution in [0.15, 0.2) is 72.9 Å². The smallest absolute Gasteiger partial charge is 0.123 e. The summed E-state index contributed by atoms with van der Waals surface area (Å²) in [5.41, 5.74) is 5.88. The van der Waals surface area contributed by atoms with E-state index in [4.69, 9.17) is 4.98 Å². The van der Waals surface area contributed by atoms with Crippen LogP contribution >= 0.6 is 0 Å². The second-order valence-corrected chi connectivity index (χ2v) is 6.34. The van der Waals surface area contributed by atoms with Crippen LogP contribution in [0, 0.1) is 12.7 Å². The minimum Gasteiger partial charge on any atom is -0.314 e. The van der Waals surface area contributed by atoms with Gasteiger partial charge in [0.05, 0.1) is 16.7 Å². The number of rotatable bonds is 1. The average Bonchev–Trinajstić information content (AvgIpc) is 3.02. The first-order chi connectivity index (χ1) is 12.2. The maximum absolute atomic E-state index is 13.8. The van der Waals surface area contributed by atoms with Crippen molar-refractivity contribution >= 4 is 27.3 Å². The maximum atomic E-state index is 13.8. The summed E-state index contributed by atoms with van der Waals surface area (Å²) in [5, 5.41) is 2.25. The van der Waals surface area contributed by atoms with Gasteiger partial charge >= 0.3 is 0 Å². The van der Waals surface area contributed by atoms with Gasteiger partial charge in [0, 0.05) is 28.0 Å². The molecule has 0 spiro atoms. The van der Waals surface area contributed by atoms with Gasteiger partial charge in [-0.1, -0.05) is 36.4 Å². The number of fused-ring (bicyclic) bond motifs is 5. The summed E-state index contributed by atoms with van der Waals surface area (Å²) in [4.78, 5) is 4.88. The van der Waals surface area contributed by atoms with Crippen LogP contribution in [-0.2, 0) is 0 Å². The first-order valence-electron chi connectivity index (χ1n) is 8.27. The molecule has 3 aromatic heterocycles. The summed E-state index contributed by atoms with van der Waals surface area (Å²) < 4.78 is 16.0. The van der Waals surface area contributed by atoms with Crippen LogP contribution in [0.25, 0.3) is 38.6 Å². The summed E-state index contributed by atoms with van der Waals surface area (Å²) in [6.45, 7) is 2.10. The van der Waals surface area contributed by atoms with E-state index in [2.05, 4.69) is 29.5 Å². The highest BCUT2D eigenvalue weighted by Gasteiger charge is 2.15. The van der Waals surface area contributed by atoms with Crippen LogP contribution < -0.4 is 0 Å². The summed E-state index contributed by atoms with van der Waals surface area (Å²) >= 11 is 0. The molecule has 0 N–H and O–H groups in total. The van der Waals surface area contributed by atoms with E-state index in [0.29, 0.717) is 0 Å². The molecule has 0 saturated carbocycles. The Morgan fingerprint density at radius 2 is 1.76 bits per heavy atom. The lowest BCUT2D eigenvalue weighted by Crippen LogP contribution is -1.93. The molecule has 0 aliphatic carbocycles. The number of aromatic nitrogens is 2. The Bertz CT molecular complexity index is 1270. The van der Waals surface area contributed by atoms with Gasteiger partial charge in [-0.05, 0) is 42.8 Å². The molecular weight excluding hydrogens is 311 g/mol. The number of pyridine rings is 2. The molecule has 0 atom stereocenters. The molecular formula is C22H15FN2. The monoisotopic (exact) mass is 326 g/mol. The van der Waals surface area contributed by atoms with Gasteiger partial charge in [0.15, 0.2) is 0 Å². The van der Waals surface area contributed by atoms with Crippen molar-refractivity contribution in [2.75, 3.05) is 0 Å². The van der Waals surface area contributed by atoms with Crippen molar-refractivity contribution in [1.82, 2.24) is 9.38 Å². The molecule has 120 valence electrons. The number of halogens is 1. The molecule has 0 saturated heterocycles. The number of nitrogens with zero attached hydrogens (tertiary/aromatic N) is 2. The highest BCUT2D eigenvalue weighted by atomic mass is 19.1. The van der Waals surface area contributed by atoms with Crippen molar-refractivity contribution in [2.24, 2.45) is 0 Å². The van der Waals surface area contributed by atoms with Gasteiger partial charge in [-0.15, -0.1) is 0 Å². The van der Waals surface area contributed by atoms with E-state index in [-0.39, 0.29) is 5.82 Å². The normalized spacial score (nSPS) is 11.6. The molecule has 5 aromatic rings. The predicted molar refractivity (Wildman–Crippen MR) is 100 cm³/mol. The van der Waals surface area contributed by atoms with Crippen molar-refractivity contribution in [1.29, 1.82) is 0 Å². The Kier molecular flexibility index (Phi) is 2.92. The Labute approximate surface area is 144 Å². The first kappa shape index (κ1) is 14.2. The molecule has 0 aliphatic rings. The highest BCUT2D eigenvalue weighted by molar-refractivity contribution is 6.12. The molecule has 0 aliphatic heterocycles. The molecule has 5 rings (SSSR count). The minimum absolute atomic E-state index is 0.252. The molecule has 0 bridgehead atoms. The lowest BCUT2D eigenvalue weighted by molar-refractivity contribution is 0.628. The largest absolute Gasteiger partial charge is 0.314 e. The summed E-state index contributed by atoms with van der Waals surface area (Å²) in [7, 11) is 0. The van der Waals surface area contributed by atoms with Crippen LogP contribution in [0.3, 0.4) is 0 Å². The van der Waals surface area contributed by atoms with E-state index in [1.54, 1.807) is 12.1 Å². The van der Waals surface area contributed by atoms with Crippen molar-refractivity contribution in [3.63, 3.8) is 0 Å². The van der Waals surface area contributed by atoms with Crippen molar-refractivity contribution in [3.05, 3.63) is 84.3 Å². The molecule has 3 heteroatoms. The average molecular weight is 326 g/mol. The Hall–Kier alpha value is -3.20. The third-order valence-electron chi connectivity index (χ3n) is 4.77. The first-order valence-corrected chi connectivity index (χ1v) is 8.27. The number of aryl methyl sites for hydroxylation is 1. The van der Waals surface area contributed by atoms with Gasteiger partial charge in [-0.25, -0.2) is 9.37 Å². The summed E-state index contributed by atoms with van der Waals surface area (Å²) in [6, 6.07) is 21.1. The fraction of sp³-hybridized carbons (Fsp3) is 0.0455. The number of benzene rings is 2. The molecule has 25 heavy (non-hydrogen) atoms. The van der Waals surface area contributed by atoms with E-state index in [1.807, 2.05) is 36.5 Å². The van der Waals surface area contributed by atoms with E-state index < -0.39 is 0 Å². The van der Waals surface area contributed by atoms with Crippen LogP contribution in [0.2, 0.25) is 0 Å². The quantitative estimate of drug-likeness (QED) is 0.383. The van der Waals surface area contributed by atoms with Gasteiger partial charge in [0.1, 0.15) is 5.82 Å². The van der Waals surface area contributed by atoms with Crippen molar-refractivity contribution < 1.29 is 4.39 Å². The van der Waals surface area contributed by atoms with Crippen molar-refractivity contribution in [2.45, 2.75) is 6.92 Å². The minimum atomic E-state index is -0.252. The Balaban J connectivity index is 2.05. The van der Waals surface area contributed by atoms with E-state index in [9.17, 15) is 4.39 Å². The second-order valence-electron chi connectivity index (χ2n) is 6.34. The Morgan fingerprint density at radius 3 is 2.64 bits per heavy atom. The molecule has 0 amide bonds. The van der Waals surface area contributed by atoms with E-state index in [0.717, 1.165) is 38.6 Å². The highest BCUT2D eigenvalue weighted by Crippen LogP contribution is 2.35. The summed E-state index contributed by atoms with van der Waals surface area (Å²) in [6.07, 6.45) is 2.05. The zero-order valence-electron chi connectivity index (χ0n) is 13.7. The standard InChI is InChI=1S/C22H15FN2/c1-14-6-5-11-25-20(14)13-18-17-9-2-3-10-19(17)24-21(22(18)25)15-7-4-8-16(23)12-15/h2-13H,1H3. The SMILES string of the molecule is Cc1cccn2c1cc1c3ccccc3nc(-c3cccc(F)c3)c12.